The van der Waals surface area contributed by atoms with Crippen molar-refractivity contribution in [1.29, 1.82) is 0 Å². The number of aliphatic hydroxyl groups is 1. The van der Waals surface area contributed by atoms with Crippen molar-refractivity contribution in [2.45, 2.75) is 13.0 Å². The lowest BCUT2D eigenvalue weighted by Crippen LogP contribution is -2.32. The first-order valence-electron chi connectivity index (χ1n) is 5.94. The van der Waals surface area contributed by atoms with Crippen molar-refractivity contribution < 1.29 is 14.3 Å². The average molecular weight is 247 g/mol. The molecular weight excluding hydrogens is 230 g/mol. The van der Waals surface area contributed by atoms with Gasteiger partial charge in [0.05, 0.1) is 18.2 Å². The number of benzene rings is 1. The number of fused-ring (bicyclic) bond motifs is 1. The van der Waals surface area contributed by atoms with Crippen LogP contribution < -0.4 is 0 Å². The van der Waals surface area contributed by atoms with E-state index in [1.54, 1.807) is 11.8 Å². The summed E-state index contributed by atoms with van der Waals surface area (Å²) in [6.07, 6.45) is 1.06. The Hall–Kier alpha value is -1.65. The molecule has 18 heavy (non-hydrogen) atoms. The number of furan rings is 1. The first-order valence-corrected chi connectivity index (χ1v) is 5.94. The first kappa shape index (κ1) is 12.8. The minimum absolute atomic E-state index is 0.00287. The van der Waals surface area contributed by atoms with Gasteiger partial charge in [0.1, 0.15) is 11.8 Å². The second-order valence-corrected chi connectivity index (χ2v) is 4.61. The number of aliphatic hydroxyl groups excluding tert-OH is 1. The van der Waals surface area contributed by atoms with E-state index in [-0.39, 0.29) is 12.3 Å². The van der Waals surface area contributed by atoms with Crippen molar-refractivity contribution >= 4 is 16.8 Å². The highest BCUT2D eigenvalue weighted by Gasteiger charge is 2.15. The van der Waals surface area contributed by atoms with Gasteiger partial charge in [0.15, 0.2) is 5.78 Å². The average Bonchev–Trinajstić information content (AvgIpc) is 2.71. The first-order chi connectivity index (χ1) is 8.58. The van der Waals surface area contributed by atoms with E-state index in [0.717, 1.165) is 11.0 Å². The molecule has 0 amide bonds. The summed E-state index contributed by atoms with van der Waals surface area (Å²) in [5, 5.41) is 10.1. The Bertz CT molecular complexity index is 545. The number of para-hydroxylation sites is 1. The summed E-state index contributed by atoms with van der Waals surface area (Å²) in [5.41, 5.74) is 1.32. The van der Waals surface area contributed by atoms with Crippen molar-refractivity contribution in [3.63, 3.8) is 0 Å². The fourth-order valence-corrected chi connectivity index (χ4v) is 2.04. The molecule has 2 aromatic rings. The molecule has 1 heterocycles. The Kier molecular flexibility index (Phi) is 3.79. The molecule has 1 atom stereocenters. The summed E-state index contributed by atoms with van der Waals surface area (Å²) in [4.78, 5) is 13.9. The zero-order valence-corrected chi connectivity index (χ0v) is 10.6. The van der Waals surface area contributed by atoms with Crippen LogP contribution in [0.3, 0.4) is 0 Å². The SMILES string of the molecule is CC(O)CN(C)CC(=O)c1coc2ccccc12. The van der Waals surface area contributed by atoms with Gasteiger partial charge in [0, 0.05) is 11.9 Å². The third kappa shape index (κ3) is 2.78. The number of carbonyl (C=O) groups excluding carboxylic acids is 1. The lowest BCUT2D eigenvalue weighted by molar-refractivity contribution is 0.0902. The molecule has 0 saturated carbocycles. The third-order valence-electron chi connectivity index (χ3n) is 2.77. The normalized spacial score (nSPS) is 13.1. The Morgan fingerprint density at radius 1 is 1.44 bits per heavy atom. The summed E-state index contributed by atoms with van der Waals surface area (Å²) >= 11 is 0. The van der Waals surface area contributed by atoms with Gasteiger partial charge in [0.2, 0.25) is 0 Å². The maximum Gasteiger partial charge on any atom is 0.180 e. The summed E-state index contributed by atoms with van der Waals surface area (Å²) < 4.78 is 5.34. The predicted molar refractivity (Wildman–Crippen MR) is 69.7 cm³/mol. The molecule has 1 aromatic carbocycles. The molecule has 2 rings (SSSR count). The smallest absolute Gasteiger partial charge is 0.180 e. The fourth-order valence-electron chi connectivity index (χ4n) is 2.04. The quantitative estimate of drug-likeness (QED) is 0.820. The number of carbonyl (C=O) groups is 1. The van der Waals surface area contributed by atoms with Crippen LogP contribution in [-0.2, 0) is 0 Å². The van der Waals surface area contributed by atoms with Crippen molar-refractivity contribution in [2.24, 2.45) is 0 Å². The van der Waals surface area contributed by atoms with Gasteiger partial charge >= 0.3 is 0 Å². The topological polar surface area (TPSA) is 53.7 Å². The van der Waals surface area contributed by atoms with E-state index < -0.39 is 6.10 Å². The highest BCUT2D eigenvalue weighted by atomic mass is 16.3. The molecule has 4 nitrogen and oxygen atoms in total. The van der Waals surface area contributed by atoms with Crippen LogP contribution in [-0.4, -0.2) is 42.0 Å². The largest absolute Gasteiger partial charge is 0.464 e. The van der Waals surface area contributed by atoms with Crippen molar-refractivity contribution in [1.82, 2.24) is 4.90 Å². The second kappa shape index (κ2) is 5.33. The van der Waals surface area contributed by atoms with Crippen LogP contribution in [0.1, 0.15) is 17.3 Å². The molecule has 1 N–H and O–H groups in total. The summed E-state index contributed by atoms with van der Waals surface area (Å²) in [6, 6.07) is 7.47. The van der Waals surface area contributed by atoms with E-state index in [0.29, 0.717) is 12.1 Å². The number of rotatable bonds is 5. The number of hydrogen-bond acceptors (Lipinski definition) is 4. The molecular formula is C14H17NO3. The van der Waals surface area contributed by atoms with E-state index in [4.69, 9.17) is 4.42 Å². The monoisotopic (exact) mass is 247 g/mol. The van der Waals surface area contributed by atoms with E-state index in [1.165, 1.54) is 6.26 Å². The van der Waals surface area contributed by atoms with Crippen molar-refractivity contribution in [3.05, 3.63) is 36.1 Å². The Morgan fingerprint density at radius 3 is 2.89 bits per heavy atom. The lowest BCUT2D eigenvalue weighted by atomic mass is 10.1. The summed E-state index contributed by atoms with van der Waals surface area (Å²) in [7, 11) is 1.81. The molecule has 0 aliphatic carbocycles. The fraction of sp³-hybridized carbons (Fsp3) is 0.357. The zero-order valence-electron chi connectivity index (χ0n) is 10.6. The second-order valence-electron chi connectivity index (χ2n) is 4.61. The van der Waals surface area contributed by atoms with Gasteiger partial charge in [-0.2, -0.15) is 0 Å². The molecule has 96 valence electrons. The van der Waals surface area contributed by atoms with E-state index >= 15 is 0 Å². The molecule has 0 fully saturated rings. The van der Waals surface area contributed by atoms with Crippen LogP contribution in [0.5, 0.6) is 0 Å². The number of ketones is 1. The Labute approximate surface area is 106 Å². The molecule has 0 radical (unpaired) electrons. The number of hydrogen-bond donors (Lipinski definition) is 1. The van der Waals surface area contributed by atoms with Crippen LogP contribution in [0, 0.1) is 0 Å². The maximum atomic E-state index is 12.1. The van der Waals surface area contributed by atoms with Gasteiger partial charge in [-0.25, -0.2) is 0 Å². The van der Waals surface area contributed by atoms with Crippen LogP contribution in [0.25, 0.3) is 11.0 Å². The van der Waals surface area contributed by atoms with Gasteiger partial charge in [-0.1, -0.05) is 18.2 Å². The number of likely N-dealkylation sites (N-methyl/N-ethyl adjacent to an activating group) is 1. The summed E-state index contributed by atoms with van der Waals surface area (Å²) in [6.45, 7) is 2.45. The number of nitrogens with zero attached hydrogens (tertiary/aromatic N) is 1. The van der Waals surface area contributed by atoms with Crippen LogP contribution in [0.4, 0.5) is 0 Å². The molecule has 0 aliphatic rings. The van der Waals surface area contributed by atoms with Crippen molar-refractivity contribution in [3.8, 4) is 0 Å². The Morgan fingerprint density at radius 2 is 2.17 bits per heavy atom. The minimum Gasteiger partial charge on any atom is -0.464 e. The maximum absolute atomic E-state index is 12.1. The van der Waals surface area contributed by atoms with E-state index in [9.17, 15) is 9.90 Å². The molecule has 1 unspecified atom stereocenters. The summed E-state index contributed by atoms with van der Waals surface area (Å²) in [5.74, 6) is 0.00287. The number of Topliss-reactive ketones (excluding diaryl/α,β-unsaturated/α-hetero) is 1. The standard InChI is InChI=1S/C14H17NO3/c1-10(16)7-15(2)8-13(17)12-9-18-14-6-4-3-5-11(12)14/h3-6,9-10,16H,7-8H2,1-2H3. The van der Waals surface area contributed by atoms with Gasteiger partial charge in [-0.05, 0) is 20.0 Å². The highest BCUT2D eigenvalue weighted by molar-refractivity contribution is 6.08. The third-order valence-corrected chi connectivity index (χ3v) is 2.77. The van der Waals surface area contributed by atoms with Gasteiger partial charge in [0.25, 0.3) is 0 Å². The molecule has 0 spiro atoms. The molecule has 0 bridgehead atoms. The zero-order chi connectivity index (χ0) is 13.1. The predicted octanol–water partition coefficient (Wildman–Crippen LogP) is 1.93. The van der Waals surface area contributed by atoms with E-state index in [2.05, 4.69) is 0 Å². The van der Waals surface area contributed by atoms with Gasteiger partial charge in [-0.15, -0.1) is 0 Å². The molecule has 4 heteroatoms. The van der Waals surface area contributed by atoms with E-state index in [1.807, 2.05) is 31.3 Å². The van der Waals surface area contributed by atoms with Gasteiger partial charge in [-0.3, -0.25) is 9.69 Å². The van der Waals surface area contributed by atoms with Crippen LogP contribution in [0.2, 0.25) is 0 Å². The Balaban J connectivity index is 2.14. The molecule has 1 aromatic heterocycles. The molecule has 0 saturated heterocycles. The minimum atomic E-state index is -0.441. The van der Waals surface area contributed by atoms with Crippen molar-refractivity contribution in [2.75, 3.05) is 20.1 Å². The molecule has 0 aliphatic heterocycles. The van der Waals surface area contributed by atoms with Crippen LogP contribution >= 0.6 is 0 Å². The van der Waals surface area contributed by atoms with Gasteiger partial charge < -0.3 is 9.52 Å². The lowest BCUT2D eigenvalue weighted by Gasteiger charge is -2.16. The van der Waals surface area contributed by atoms with Crippen LogP contribution in [0.15, 0.2) is 34.9 Å². The highest BCUT2D eigenvalue weighted by Crippen LogP contribution is 2.21.